The molecule has 0 aliphatic carbocycles. The Labute approximate surface area is 176 Å². The van der Waals surface area contributed by atoms with Gasteiger partial charge in [0.1, 0.15) is 17.7 Å². The SMILES string of the molecule is C[C@@H](NC[C@H]1CCc2ccc(S(=O)(=O)c3cccc(F)c3)cc2O1)c1ccccc1. The van der Waals surface area contributed by atoms with E-state index in [4.69, 9.17) is 4.74 Å². The van der Waals surface area contributed by atoms with Crippen LogP contribution in [0.15, 0.2) is 82.6 Å². The summed E-state index contributed by atoms with van der Waals surface area (Å²) < 4.78 is 45.4. The van der Waals surface area contributed by atoms with Crippen molar-refractivity contribution in [3.63, 3.8) is 0 Å². The van der Waals surface area contributed by atoms with Crippen molar-refractivity contribution in [3.05, 3.63) is 89.7 Å². The number of ether oxygens (including phenoxy) is 1. The first-order chi connectivity index (χ1) is 14.4. The number of benzene rings is 3. The molecule has 3 aromatic carbocycles. The molecule has 3 aromatic rings. The molecular formula is C24H24FNO3S. The third-order valence-corrected chi connectivity index (χ3v) is 7.18. The number of sulfone groups is 1. The van der Waals surface area contributed by atoms with Crippen molar-refractivity contribution in [2.45, 2.75) is 41.7 Å². The Hall–Kier alpha value is -2.70. The fraction of sp³-hybridized carbons (Fsp3) is 0.250. The summed E-state index contributed by atoms with van der Waals surface area (Å²) in [4.78, 5) is 0.0475. The Bertz CT molecular complexity index is 1130. The summed E-state index contributed by atoms with van der Waals surface area (Å²) in [5.41, 5.74) is 2.19. The maximum absolute atomic E-state index is 13.5. The first-order valence-electron chi connectivity index (χ1n) is 10.0. The Morgan fingerprint density at radius 2 is 1.80 bits per heavy atom. The second-order valence-corrected chi connectivity index (χ2v) is 9.50. The zero-order valence-corrected chi connectivity index (χ0v) is 17.5. The summed E-state index contributed by atoms with van der Waals surface area (Å²) in [6.45, 7) is 2.77. The Kier molecular flexibility index (Phi) is 5.88. The lowest BCUT2D eigenvalue weighted by atomic mass is 10.0. The van der Waals surface area contributed by atoms with Crippen molar-refractivity contribution in [2.24, 2.45) is 0 Å². The van der Waals surface area contributed by atoms with Gasteiger partial charge in [-0.25, -0.2) is 12.8 Å². The highest BCUT2D eigenvalue weighted by Crippen LogP contribution is 2.32. The van der Waals surface area contributed by atoms with Crippen LogP contribution < -0.4 is 10.1 Å². The van der Waals surface area contributed by atoms with Crippen LogP contribution in [0, 0.1) is 5.82 Å². The molecule has 1 aliphatic rings. The minimum atomic E-state index is -3.81. The molecule has 0 spiro atoms. The number of hydrogen-bond donors (Lipinski definition) is 1. The summed E-state index contributed by atoms with van der Waals surface area (Å²) in [7, 11) is -3.81. The summed E-state index contributed by atoms with van der Waals surface area (Å²) >= 11 is 0. The normalized spacial score (nSPS) is 17.1. The quantitative estimate of drug-likeness (QED) is 0.622. The molecule has 0 radical (unpaired) electrons. The van der Waals surface area contributed by atoms with Crippen LogP contribution in [-0.4, -0.2) is 21.1 Å². The van der Waals surface area contributed by atoms with E-state index in [1.54, 1.807) is 18.2 Å². The molecular weight excluding hydrogens is 401 g/mol. The summed E-state index contributed by atoms with van der Waals surface area (Å²) in [6.07, 6.45) is 1.63. The van der Waals surface area contributed by atoms with Crippen molar-refractivity contribution in [1.29, 1.82) is 0 Å². The van der Waals surface area contributed by atoms with Crippen molar-refractivity contribution in [2.75, 3.05) is 6.54 Å². The molecule has 0 saturated carbocycles. The van der Waals surface area contributed by atoms with E-state index in [0.717, 1.165) is 24.5 Å². The van der Waals surface area contributed by atoms with Gasteiger partial charge < -0.3 is 10.1 Å². The number of nitrogens with one attached hydrogen (secondary N) is 1. The monoisotopic (exact) mass is 425 g/mol. The van der Waals surface area contributed by atoms with Gasteiger partial charge in [0.25, 0.3) is 0 Å². The topological polar surface area (TPSA) is 55.4 Å². The standard InChI is InChI=1S/C24H24FNO3S/c1-17(18-6-3-2-4-7-18)26-16-21-12-10-19-11-13-23(15-24(19)29-21)30(27,28)22-9-5-8-20(25)14-22/h2-9,11,13-15,17,21,26H,10,12,16H2,1H3/t17-,21-/m1/s1. The summed E-state index contributed by atoms with van der Waals surface area (Å²) in [6, 6.07) is 20.3. The Morgan fingerprint density at radius 3 is 2.57 bits per heavy atom. The van der Waals surface area contributed by atoms with Gasteiger partial charge in [-0.05, 0) is 61.2 Å². The lowest BCUT2D eigenvalue weighted by Gasteiger charge is -2.28. The molecule has 0 saturated heterocycles. The molecule has 2 atom stereocenters. The number of fused-ring (bicyclic) bond motifs is 1. The van der Waals surface area contributed by atoms with Crippen LogP contribution in [0.25, 0.3) is 0 Å². The maximum atomic E-state index is 13.5. The predicted octanol–water partition coefficient (Wildman–Crippen LogP) is 4.70. The van der Waals surface area contributed by atoms with E-state index in [0.29, 0.717) is 12.3 Å². The van der Waals surface area contributed by atoms with E-state index in [2.05, 4.69) is 24.4 Å². The molecule has 4 rings (SSSR count). The fourth-order valence-corrected chi connectivity index (χ4v) is 4.96. The smallest absolute Gasteiger partial charge is 0.206 e. The second-order valence-electron chi connectivity index (χ2n) is 7.55. The van der Waals surface area contributed by atoms with Gasteiger partial charge in [-0.2, -0.15) is 0 Å². The van der Waals surface area contributed by atoms with E-state index in [1.165, 1.54) is 23.8 Å². The number of halogens is 1. The van der Waals surface area contributed by atoms with Gasteiger partial charge in [0, 0.05) is 12.6 Å². The van der Waals surface area contributed by atoms with Crippen molar-refractivity contribution >= 4 is 9.84 Å². The van der Waals surface area contributed by atoms with Crippen LogP contribution in [0.3, 0.4) is 0 Å². The molecule has 0 amide bonds. The van der Waals surface area contributed by atoms with E-state index in [9.17, 15) is 12.8 Å². The highest BCUT2D eigenvalue weighted by atomic mass is 32.2. The van der Waals surface area contributed by atoms with Gasteiger partial charge in [-0.15, -0.1) is 0 Å². The fourth-order valence-electron chi connectivity index (χ4n) is 3.65. The molecule has 1 N–H and O–H groups in total. The van der Waals surface area contributed by atoms with Gasteiger partial charge in [-0.3, -0.25) is 0 Å². The minimum absolute atomic E-state index is 0.0456. The molecule has 156 valence electrons. The second kappa shape index (κ2) is 8.58. The van der Waals surface area contributed by atoms with Crippen LogP contribution in [0.5, 0.6) is 5.75 Å². The van der Waals surface area contributed by atoms with Crippen molar-refractivity contribution in [1.82, 2.24) is 5.32 Å². The van der Waals surface area contributed by atoms with Crippen LogP contribution >= 0.6 is 0 Å². The van der Waals surface area contributed by atoms with Crippen LogP contribution in [0.1, 0.15) is 30.5 Å². The van der Waals surface area contributed by atoms with Crippen molar-refractivity contribution in [3.8, 4) is 5.75 Å². The molecule has 0 fully saturated rings. The molecule has 30 heavy (non-hydrogen) atoms. The molecule has 0 aromatic heterocycles. The minimum Gasteiger partial charge on any atom is -0.489 e. The Balaban J connectivity index is 1.48. The zero-order chi connectivity index (χ0) is 21.1. The number of aryl methyl sites for hydroxylation is 1. The third kappa shape index (κ3) is 4.40. The summed E-state index contributed by atoms with van der Waals surface area (Å²) in [5, 5.41) is 3.49. The largest absolute Gasteiger partial charge is 0.489 e. The first kappa shape index (κ1) is 20.6. The van der Waals surface area contributed by atoms with E-state index in [-0.39, 0.29) is 21.9 Å². The number of rotatable bonds is 6. The lowest BCUT2D eigenvalue weighted by Crippen LogP contribution is -2.35. The maximum Gasteiger partial charge on any atom is 0.206 e. The van der Waals surface area contributed by atoms with E-state index < -0.39 is 15.7 Å². The molecule has 4 nitrogen and oxygen atoms in total. The third-order valence-electron chi connectivity index (χ3n) is 5.44. The van der Waals surface area contributed by atoms with Gasteiger partial charge in [0.15, 0.2) is 0 Å². The van der Waals surface area contributed by atoms with Crippen molar-refractivity contribution < 1.29 is 17.5 Å². The van der Waals surface area contributed by atoms with Crippen LogP contribution in [-0.2, 0) is 16.3 Å². The Morgan fingerprint density at radius 1 is 1.03 bits per heavy atom. The van der Waals surface area contributed by atoms with Gasteiger partial charge in [0.05, 0.1) is 9.79 Å². The average molecular weight is 426 g/mol. The summed E-state index contributed by atoms with van der Waals surface area (Å²) in [5.74, 6) is 0.00171. The highest BCUT2D eigenvalue weighted by molar-refractivity contribution is 7.91. The molecule has 1 aliphatic heterocycles. The zero-order valence-electron chi connectivity index (χ0n) is 16.7. The van der Waals surface area contributed by atoms with E-state index in [1.807, 2.05) is 18.2 Å². The average Bonchev–Trinajstić information content (AvgIpc) is 2.77. The lowest BCUT2D eigenvalue weighted by molar-refractivity contribution is 0.166. The van der Waals surface area contributed by atoms with E-state index >= 15 is 0 Å². The molecule has 0 bridgehead atoms. The molecule has 0 unspecified atom stereocenters. The molecule has 1 heterocycles. The molecule has 6 heteroatoms. The van der Waals surface area contributed by atoms with Gasteiger partial charge in [0.2, 0.25) is 9.84 Å². The highest BCUT2D eigenvalue weighted by Gasteiger charge is 2.24. The van der Waals surface area contributed by atoms with Crippen LogP contribution in [0.2, 0.25) is 0 Å². The number of hydrogen-bond acceptors (Lipinski definition) is 4. The predicted molar refractivity (Wildman–Crippen MR) is 114 cm³/mol. The van der Waals surface area contributed by atoms with Gasteiger partial charge >= 0.3 is 0 Å². The van der Waals surface area contributed by atoms with Gasteiger partial charge in [-0.1, -0.05) is 42.5 Å². The van der Waals surface area contributed by atoms with Crippen LogP contribution in [0.4, 0.5) is 4.39 Å². The first-order valence-corrected chi connectivity index (χ1v) is 11.5.